The number of hydrogen-bond acceptors (Lipinski definition) is 9. The van der Waals surface area contributed by atoms with Gasteiger partial charge in [-0.05, 0) is 90.9 Å². The first-order chi connectivity index (χ1) is 33.4. The summed E-state index contributed by atoms with van der Waals surface area (Å²) in [5.74, 6) is 3.38. The fourth-order valence-corrected chi connectivity index (χ4v) is 11.2. The molecular formula is C50H53F2N6O10PS. The summed E-state index contributed by atoms with van der Waals surface area (Å²) < 4.78 is 40.8. The summed E-state index contributed by atoms with van der Waals surface area (Å²) in [7, 11) is -5.82. The highest BCUT2D eigenvalue weighted by molar-refractivity contribution is 7.52. The zero-order valence-corrected chi connectivity index (χ0v) is 39.9. The molecule has 0 spiro atoms. The Hall–Kier alpha value is -6.32. The van der Waals surface area contributed by atoms with Gasteiger partial charge in [0, 0.05) is 59.7 Å². The SMILES string of the molecule is NC(=O)CC[C@@H](CCCCCCCCC#Cc1cccc2c1CN(C1CCC(=O)NC1=O)C2=O)NC(=O)[C@@H]1Cc2cccc3c2N1C(=O)[C@@H](NC(=O)c1cc2cc(C(F)(F)P(=O)(O)O)ccc2s1)CC3. The number of thiophene rings is 1. The number of alkyl halides is 2. The number of nitrogens with two attached hydrogens (primary N) is 1. The maximum Gasteiger partial charge on any atom is 0.399 e. The van der Waals surface area contributed by atoms with Crippen molar-refractivity contribution in [2.45, 2.75) is 133 Å². The summed E-state index contributed by atoms with van der Waals surface area (Å²) in [5.41, 5.74) is 4.53. The molecule has 0 bridgehead atoms. The predicted molar refractivity (Wildman–Crippen MR) is 255 cm³/mol. The second-order valence-electron chi connectivity index (χ2n) is 18.3. The molecule has 0 aliphatic carbocycles. The Morgan fingerprint density at radius 1 is 0.929 bits per heavy atom. The lowest BCUT2D eigenvalue weighted by Gasteiger charge is -2.29. The molecule has 70 heavy (non-hydrogen) atoms. The molecule has 3 aromatic carbocycles. The molecule has 16 nitrogen and oxygen atoms in total. The van der Waals surface area contributed by atoms with Gasteiger partial charge in [-0.1, -0.05) is 74.3 Å². The van der Waals surface area contributed by atoms with Crippen LogP contribution in [0.15, 0.2) is 60.7 Å². The fourth-order valence-electron chi connectivity index (χ4n) is 9.79. The van der Waals surface area contributed by atoms with E-state index in [0.717, 1.165) is 84.2 Å². The molecule has 7 N–H and O–H groups in total. The predicted octanol–water partition coefficient (Wildman–Crippen LogP) is 5.81. The molecule has 4 aromatic rings. The lowest BCUT2D eigenvalue weighted by Crippen LogP contribution is -2.55. The minimum atomic E-state index is -5.82. The summed E-state index contributed by atoms with van der Waals surface area (Å²) in [4.78, 5) is 113. The zero-order valence-electron chi connectivity index (χ0n) is 38.1. The first-order valence-corrected chi connectivity index (χ1v) is 25.9. The molecule has 5 heterocycles. The van der Waals surface area contributed by atoms with Gasteiger partial charge in [0.2, 0.25) is 29.5 Å². The van der Waals surface area contributed by atoms with Gasteiger partial charge in [0.15, 0.2) is 0 Å². The molecule has 8 rings (SSSR count). The molecule has 4 aliphatic heterocycles. The molecule has 1 aromatic heterocycles. The molecule has 7 amide bonds. The minimum Gasteiger partial charge on any atom is -0.370 e. The average molecular weight is 999 g/mol. The van der Waals surface area contributed by atoms with Crippen LogP contribution in [-0.2, 0) is 53.6 Å². The number of benzene rings is 3. The lowest BCUT2D eigenvalue weighted by molar-refractivity contribution is -0.137. The van der Waals surface area contributed by atoms with Gasteiger partial charge in [-0.15, -0.1) is 11.3 Å². The van der Waals surface area contributed by atoms with E-state index in [1.807, 2.05) is 24.3 Å². The summed E-state index contributed by atoms with van der Waals surface area (Å²) >= 11 is 0.969. The molecule has 1 fully saturated rings. The average Bonchev–Trinajstić information content (AvgIpc) is 4.01. The number of carbonyl (C=O) groups excluding carboxylic acids is 7. The van der Waals surface area contributed by atoms with E-state index in [-0.39, 0.29) is 54.3 Å². The van der Waals surface area contributed by atoms with Crippen molar-refractivity contribution in [3.05, 3.63) is 98.9 Å². The van der Waals surface area contributed by atoms with E-state index in [1.54, 1.807) is 12.1 Å². The standard InChI is InChI=1S/C50H53F2N6O10PS/c51-50(52,69(66,67)68)33-18-22-40-32(25-33)27-41(70-40)47(63)55-37-20-17-30-13-9-14-31-26-39(58(44(30)31)49(37)65)46(62)54-34(19-23-42(53)59)15-8-6-4-2-1-3-5-7-11-29-12-10-16-35-36(29)28-57(48(35)64)38-21-24-43(60)56-45(38)61/h9-10,12-14,16,18,22,25,27,34,37-39H,1-6,8,15,17,19-21,23-24,26,28H2,(H2,53,59)(H,54,62)(H,55,63)(H,56,60,61)(H2,66,67,68)/t34-,37+,38?,39+/m1/s1. The number of nitrogens with zero attached hydrogens (tertiary/aromatic N) is 2. The summed E-state index contributed by atoms with van der Waals surface area (Å²) in [6.07, 6.45) is 8.38. The minimum absolute atomic E-state index is 0.0586. The molecule has 0 saturated carbocycles. The van der Waals surface area contributed by atoms with Crippen LogP contribution < -0.4 is 26.6 Å². The number of carbonyl (C=O) groups is 7. The monoisotopic (exact) mass is 998 g/mol. The van der Waals surface area contributed by atoms with Gasteiger partial charge in [-0.3, -0.25) is 48.3 Å². The van der Waals surface area contributed by atoms with Crippen molar-refractivity contribution >= 4 is 76.1 Å². The van der Waals surface area contributed by atoms with E-state index < -0.39 is 72.5 Å². The highest BCUT2D eigenvalue weighted by Gasteiger charge is 2.50. The molecule has 20 heteroatoms. The maximum absolute atomic E-state index is 14.5. The highest BCUT2D eigenvalue weighted by atomic mass is 32.1. The number of rotatable bonds is 18. The quantitative estimate of drug-likeness (QED) is 0.0302. The smallest absolute Gasteiger partial charge is 0.370 e. The number of fused-ring (bicyclic) bond motifs is 2. The van der Waals surface area contributed by atoms with Gasteiger partial charge in [0.05, 0.1) is 10.6 Å². The van der Waals surface area contributed by atoms with Crippen LogP contribution >= 0.6 is 18.9 Å². The molecular weight excluding hydrogens is 946 g/mol. The number of amides is 7. The lowest BCUT2D eigenvalue weighted by atomic mass is 10.00. The molecule has 1 unspecified atom stereocenters. The Morgan fingerprint density at radius 3 is 2.43 bits per heavy atom. The Morgan fingerprint density at radius 2 is 1.67 bits per heavy atom. The second-order valence-corrected chi connectivity index (χ2v) is 21.0. The van der Waals surface area contributed by atoms with E-state index in [9.17, 15) is 56.7 Å². The van der Waals surface area contributed by atoms with Gasteiger partial charge >= 0.3 is 13.3 Å². The normalized spacial score (nSPS) is 19.2. The van der Waals surface area contributed by atoms with Crippen LogP contribution in [0.5, 0.6) is 0 Å². The van der Waals surface area contributed by atoms with Crippen LogP contribution in [0, 0.1) is 11.8 Å². The second kappa shape index (κ2) is 21.0. The number of unbranched alkanes of at least 4 members (excludes halogenated alkanes) is 6. The Bertz CT molecular complexity index is 2890. The summed E-state index contributed by atoms with van der Waals surface area (Å²) in [6, 6.07) is 12.3. The topological polar surface area (TPSA) is 246 Å². The van der Waals surface area contributed by atoms with Crippen molar-refractivity contribution in [2.24, 2.45) is 5.73 Å². The highest BCUT2D eigenvalue weighted by Crippen LogP contribution is 2.59. The van der Waals surface area contributed by atoms with Gasteiger partial charge in [0.1, 0.15) is 18.1 Å². The first-order valence-electron chi connectivity index (χ1n) is 23.5. The van der Waals surface area contributed by atoms with Crippen molar-refractivity contribution in [2.75, 3.05) is 4.90 Å². The van der Waals surface area contributed by atoms with E-state index in [0.29, 0.717) is 48.1 Å². The number of aryl methyl sites for hydroxylation is 1. The number of anilines is 1. The maximum atomic E-state index is 14.5. The van der Waals surface area contributed by atoms with E-state index in [2.05, 4.69) is 27.8 Å². The van der Waals surface area contributed by atoms with Gasteiger partial charge in [-0.2, -0.15) is 8.78 Å². The number of piperidine rings is 1. The Kier molecular flexibility index (Phi) is 15.0. The third kappa shape index (κ3) is 10.7. The number of primary amides is 1. The molecule has 0 radical (unpaired) electrons. The molecule has 4 atom stereocenters. The van der Waals surface area contributed by atoms with Crippen molar-refractivity contribution in [1.29, 1.82) is 0 Å². The Balaban J connectivity index is 0.828. The van der Waals surface area contributed by atoms with Gasteiger partial charge < -0.3 is 31.1 Å². The number of nitrogens with one attached hydrogen (secondary N) is 3. The van der Waals surface area contributed by atoms with Gasteiger partial charge in [0.25, 0.3) is 11.8 Å². The molecule has 368 valence electrons. The Labute approximate surface area is 406 Å². The van der Waals surface area contributed by atoms with E-state index in [1.165, 1.54) is 21.9 Å². The van der Waals surface area contributed by atoms with Crippen LogP contribution in [0.1, 0.15) is 131 Å². The molecule has 4 aliphatic rings. The van der Waals surface area contributed by atoms with Crippen molar-refractivity contribution in [3.8, 4) is 11.8 Å². The number of imide groups is 1. The van der Waals surface area contributed by atoms with Crippen molar-refractivity contribution < 1.29 is 56.7 Å². The fraction of sp³-hybridized carbons (Fsp3) is 0.420. The van der Waals surface area contributed by atoms with Crippen LogP contribution in [0.4, 0.5) is 14.5 Å². The van der Waals surface area contributed by atoms with E-state index in [4.69, 9.17) is 5.73 Å². The number of para-hydroxylation sites is 1. The van der Waals surface area contributed by atoms with Crippen LogP contribution in [-0.4, -0.2) is 80.2 Å². The number of halogens is 2. The van der Waals surface area contributed by atoms with Crippen molar-refractivity contribution in [1.82, 2.24) is 20.9 Å². The van der Waals surface area contributed by atoms with Crippen LogP contribution in [0.25, 0.3) is 10.1 Å². The summed E-state index contributed by atoms with van der Waals surface area (Å²) in [5, 5.41) is 8.38. The first kappa shape index (κ1) is 50.1. The van der Waals surface area contributed by atoms with Crippen molar-refractivity contribution in [3.63, 3.8) is 0 Å². The zero-order chi connectivity index (χ0) is 49.9. The van der Waals surface area contributed by atoms with Crippen LogP contribution in [0.2, 0.25) is 0 Å². The van der Waals surface area contributed by atoms with E-state index >= 15 is 0 Å². The van der Waals surface area contributed by atoms with Gasteiger partial charge in [-0.25, -0.2) is 0 Å². The number of hydrogen-bond donors (Lipinski definition) is 6. The third-order valence-electron chi connectivity index (χ3n) is 13.5. The summed E-state index contributed by atoms with van der Waals surface area (Å²) in [6.45, 7) is 0.264. The largest absolute Gasteiger partial charge is 0.399 e. The van der Waals surface area contributed by atoms with Crippen LogP contribution in [0.3, 0.4) is 0 Å². The third-order valence-corrected chi connectivity index (χ3v) is 15.6. The molecule has 1 saturated heterocycles.